The molecule has 0 fully saturated rings. The maximum Gasteiger partial charge on any atom is 0.307 e. The summed E-state index contributed by atoms with van der Waals surface area (Å²) in [7, 11) is 0. The van der Waals surface area contributed by atoms with Gasteiger partial charge in [0.05, 0.1) is 11.7 Å². The van der Waals surface area contributed by atoms with Crippen LogP contribution in [0.25, 0.3) is 0 Å². The average Bonchev–Trinajstić information content (AvgIpc) is 1.85. The smallest absolute Gasteiger partial charge is 0.307 e. The Bertz CT molecular complexity index is 229. The molecule has 0 saturated carbocycles. The summed E-state index contributed by atoms with van der Waals surface area (Å²) in [4.78, 5) is 21.0. The summed E-state index contributed by atoms with van der Waals surface area (Å²) in [5, 5.41) is 17.4. The summed E-state index contributed by atoms with van der Waals surface area (Å²) in [6.45, 7) is 0. The summed E-state index contributed by atoms with van der Waals surface area (Å²) in [5.74, 6) is -2.22. The van der Waals surface area contributed by atoms with E-state index in [1.54, 1.807) is 0 Å². The quantitative estimate of drug-likeness (QED) is 0.579. The minimum absolute atomic E-state index is 0.000602. The van der Waals surface area contributed by atoms with Crippen molar-refractivity contribution in [3.8, 4) is 0 Å². The van der Waals surface area contributed by atoms with Gasteiger partial charge >= 0.3 is 5.97 Å². The lowest BCUT2D eigenvalue weighted by atomic mass is 9.92. The highest BCUT2D eigenvalue weighted by Crippen LogP contribution is 2.19. The van der Waals surface area contributed by atoms with E-state index in [1.807, 2.05) is 0 Å². The molecule has 0 radical (unpaired) electrons. The molecule has 1 rings (SSSR count). The van der Waals surface area contributed by atoms with Crippen molar-refractivity contribution in [1.29, 1.82) is 0 Å². The Morgan fingerprint density at radius 2 is 2.18 bits per heavy atom. The number of aliphatic hydroxyl groups excluding tert-OH is 1. The summed E-state index contributed by atoms with van der Waals surface area (Å²) in [5.41, 5.74) is 0. The van der Waals surface area contributed by atoms with Crippen LogP contribution in [0, 0.1) is 5.92 Å². The van der Waals surface area contributed by atoms with Crippen LogP contribution in [0.2, 0.25) is 0 Å². The standard InChI is InChI=1S/C7H8O4/c8-5-1-4(7(10)11)2-6(9)3-5/h3-4,8H,1-2H2,(H,10,11)/t4-/m0/s1. The molecule has 0 saturated heterocycles. The average molecular weight is 156 g/mol. The number of rotatable bonds is 1. The predicted octanol–water partition coefficient (Wildman–Crippen LogP) is 0.492. The van der Waals surface area contributed by atoms with Crippen LogP contribution in [0.1, 0.15) is 12.8 Å². The highest BCUT2D eigenvalue weighted by Gasteiger charge is 2.25. The van der Waals surface area contributed by atoms with Crippen molar-refractivity contribution in [2.45, 2.75) is 12.8 Å². The van der Waals surface area contributed by atoms with Crippen LogP contribution < -0.4 is 0 Å². The number of carboxylic acids is 1. The van der Waals surface area contributed by atoms with Gasteiger partial charge in [-0.3, -0.25) is 9.59 Å². The van der Waals surface area contributed by atoms with Crippen LogP contribution in [-0.4, -0.2) is 22.0 Å². The minimum Gasteiger partial charge on any atom is -0.512 e. The van der Waals surface area contributed by atoms with Gasteiger partial charge in [0, 0.05) is 18.9 Å². The van der Waals surface area contributed by atoms with E-state index in [4.69, 9.17) is 10.2 Å². The molecule has 1 aliphatic rings. The molecule has 0 aromatic heterocycles. The fourth-order valence-corrected chi connectivity index (χ4v) is 1.05. The maximum atomic E-state index is 10.7. The molecule has 0 amide bonds. The van der Waals surface area contributed by atoms with Gasteiger partial charge in [0.1, 0.15) is 0 Å². The lowest BCUT2D eigenvalue weighted by molar-refractivity contribution is -0.143. The molecule has 0 aliphatic heterocycles. The van der Waals surface area contributed by atoms with Crippen LogP contribution in [0.4, 0.5) is 0 Å². The first-order chi connectivity index (χ1) is 5.09. The number of aliphatic carboxylic acids is 1. The normalized spacial score (nSPS) is 24.5. The summed E-state index contributed by atoms with van der Waals surface area (Å²) in [6, 6.07) is 0. The van der Waals surface area contributed by atoms with Crippen molar-refractivity contribution >= 4 is 11.8 Å². The Labute approximate surface area is 63.1 Å². The first-order valence-electron chi connectivity index (χ1n) is 3.25. The molecule has 4 nitrogen and oxygen atoms in total. The van der Waals surface area contributed by atoms with Crippen LogP contribution in [-0.2, 0) is 9.59 Å². The number of carbonyl (C=O) groups excluding carboxylic acids is 1. The molecule has 0 spiro atoms. The third-order valence-corrected chi connectivity index (χ3v) is 1.58. The zero-order valence-corrected chi connectivity index (χ0v) is 5.78. The van der Waals surface area contributed by atoms with Gasteiger partial charge in [-0.25, -0.2) is 0 Å². The fraction of sp³-hybridized carbons (Fsp3) is 0.429. The van der Waals surface area contributed by atoms with E-state index in [2.05, 4.69) is 0 Å². The van der Waals surface area contributed by atoms with Crippen molar-refractivity contribution in [1.82, 2.24) is 0 Å². The van der Waals surface area contributed by atoms with Gasteiger partial charge in [0.25, 0.3) is 0 Å². The SMILES string of the molecule is O=C1C=C(O)C[C@H](C(=O)O)C1. The van der Waals surface area contributed by atoms with Crippen LogP contribution in [0.3, 0.4) is 0 Å². The second-order valence-electron chi connectivity index (χ2n) is 2.55. The fourth-order valence-electron chi connectivity index (χ4n) is 1.05. The topological polar surface area (TPSA) is 74.6 Å². The Kier molecular flexibility index (Phi) is 1.94. The zero-order chi connectivity index (χ0) is 8.43. The first-order valence-corrected chi connectivity index (χ1v) is 3.25. The molecule has 11 heavy (non-hydrogen) atoms. The molecule has 1 aliphatic carbocycles. The van der Waals surface area contributed by atoms with Crippen molar-refractivity contribution < 1.29 is 19.8 Å². The number of hydrogen-bond donors (Lipinski definition) is 2. The van der Waals surface area contributed by atoms with Crippen LogP contribution in [0.5, 0.6) is 0 Å². The van der Waals surface area contributed by atoms with Gasteiger partial charge in [-0.05, 0) is 0 Å². The third kappa shape index (κ3) is 1.80. The second-order valence-corrected chi connectivity index (χ2v) is 2.55. The van der Waals surface area contributed by atoms with Crippen molar-refractivity contribution in [2.24, 2.45) is 5.92 Å². The Morgan fingerprint density at radius 1 is 1.55 bits per heavy atom. The summed E-state index contributed by atoms with van der Waals surface area (Å²) in [6.07, 6.45) is 1.15. The predicted molar refractivity (Wildman–Crippen MR) is 36.1 cm³/mol. The van der Waals surface area contributed by atoms with Gasteiger partial charge in [0.2, 0.25) is 0 Å². The molecule has 4 heteroatoms. The number of carboxylic acid groups (broad SMARTS) is 1. The van der Waals surface area contributed by atoms with Gasteiger partial charge in [-0.2, -0.15) is 0 Å². The van der Waals surface area contributed by atoms with Gasteiger partial charge < -0.3 is 10.2 Å². The highest BCUT2D eigenvalue weighted by atomic mass is 16.4. The number of carbonyl (C=O) groups is 2. The first kappa shape index (κ1) is 7.78. The number of allylic oxidation sites excluding steroid dienone is 2. The van der Waals surface area contributed by atoms with E-state index >= 15 is 0 Å². The van der Waals surface area contributed by atoms with Crippen LogP contribution in [0.15, 0.2) is 11.8 Å². The van der Waals surface area contributed by atoms with E-state index in [9.17, 15) is 9.59 Å². The molecule has 1 atom stereocenters. The molecular weight excluding hydrogens is 148 g/mol. The lowest BCUT2D eigenvalue weighted by Gasteiger charge is -2.13. The zero-order valence-electron chi connectivity index (χ0n) is 5.78. The molecule has 0 heterocycles. The summed E-state index contributed by atoms with van der Waals surface area (Å²) < 4.78 is 0. The van der Waals surface area contributed by atoms with E-state index in [0.29, 0.717) is 0 Å². The van der Waals surface area contributed by atoms with Crippen molar-refractivity contribution in [3.63, 3.8) is 0 Å². The molecule has 0 bridgehead atoms. The Balaban J connectivity index is 2.72. The lowest BCUT2D eigenvalue weighted by Crippen LogP contribution is -2.21. The Morgan fingerprint density at radius 3 is 2.64 bits per heavy atom. The molecule has 0 aromatic rings. The molecular formula is C7H8O4. The Hall–Kier alpha value is -1.32. The largest absolute Gasteiger partial charge is 0.512 e. The molecule has 60 valence electrons. The number of aliphatic hydroxyl groups is 1. The van der Waals surface area contributed by atoms with Crippen molar-refractivity contribution in [3.05, 3.63) is 11.8 Å². The molecule has 0 aromatic carbocycles. The van der Waals surface area contributed by atoms with E-state index < -0.39 is 11.9 Å². The summed E-state index contributed by atoms with van der Waals surface area (Å²) >= 11 is 0. The van der Waals surface area contributed by atoms with E-state index in [-0.39, 0.29) is 24.4 Å². The maximum absolute atomic E-state index is 10.7. The molecule has 2 N–H and O–H groups in total. The number of ketones is 1. The van der Waals surface area contributed by atoms with Gasteiger partial charge in [-0.1, -0.05) is 0 Å². The van der Waals surface area contributed by atoms with Gasteiger partial charge in [0.15, 0.2) is 5.78 Å². The van der Waals surface area contributed by atoms with Gasteiger partial charge in [-0.15, -0.1) is 0 Å². The molecule has 0 unspecified atom stereocenters. The number of hydrogen-bond acceptors (Lipinski definition) is 3. The van der Waals surface area contributed by atoms with Crippen molar-refractivity contribution in [2.75, 3.05) is 0 Å². The third-order valence-electron chi connectivity index (χ3n) is 1.58. The monoisotopic (exact) mass is 156 g/mol. The minimum atomic E-state index is -1.03. The van der Waals surface area contributed by atoms with E-state index in [0.717, 1.165) is 6.08 Å². The highest BCUT2D eigenvalue weighted by molar-refractivity contribution is 5.94. The van der Waals surface area contributed by atoms with E-state index in [1.165, 1.54) is 0 Å². The van der Waals surface area contributed by atoms with Crippen LogP contribution >= 0.6 is 0 Å². The second kappa shape index (κ2) is 2.74.